The molecule has 0 fully saturated rings. The minimum atomic E-state index is -0.208. The maximum atomic E-state index is 13.1. The molecule has 0 saturated carbocycles. The van der Waals surface area contributed by atoms with Gasteiger partial charge in [0.05, 0.1) is 0 Å². The van der Waals surface area contributed by atoms with Crippen LogP contribution in [0.5, 0.6) is 0 Å². The summed E-state index contributed by atoms with van der Waals surface area (Å²) in [6.07, 6.45) is 0. The van der Waals surface area contributed by atoms with Gasteiger partial charge in [0.15, 0.2) is 0 Å². The van der Waals surface area contributed by atoms with E-state index in [-0.39, 0.29) is 5.82 Å². The normalized spacial score (nSPS) is 13.6. The smallest absolute Gasteiger partial charge is 0.134 e. The Morgan fingerprint density at radius 2 is 1.88 bits per heavy atom. The number of benzene rings is 1. The minimum absolute atomic E-state index is 0.208. The highest BCUT2D eigenvalue weighted by atomic mass is 19.1. The molecule has 86 valence electrons. The number of hydrogen-bond donors (Lipinski definition) is 0. The molecule has 0 aliphatic carbocycles. The lowest BCUT2D eigenvalue weighted by Gasteiger charge is -2.13. The van der Waals surface area contributed by atoms with Crippen LogP contribution in [0.15, 0.2) is 22.6 Å². The molecule has 2 aromatic rings. The molecule has 16 heavy (non-hydrogen) atoms. The molecule has 1 heterocycles. The highest BCUT2D eigenvalue weighted by Crippen LogP contribution is 2.33. The third-order valence-corrected chi connectivity index (χ3v) is 3.35. The second-order valence-electron chi connectivity index (χ2n) is 4.76. The van der Waals surface area contributed by atoms with Crippen LogP contribution in [-0.2, 0) is 0 Å². The van der Waals surface area contributed by atoms with E-state index in [0.29, 0.717) is 11.8 Å². The van der Waals surface area contributed by atoms with Crippen LogP contribution in [0.4, 0.5) is 4.39 Å². The molecule has 0 amide bonds. The standard InChI is InChI=1S/C14H17FO/c1-8(2)9(3)14-10(4)12-7-11(15)5-6-13(12)16-14/h5-9H,1-4H3/t9-/m0/s1. The van der Waals surface area contributed by atoms with E-state index in [1.807, 2.05) is 6.92 Å². The third-order valence-electron chi connectivity index (χ3n) is 3.35. The van der Waals surface area contributed by atoms with E-state index in [1.165, 1.54) is 6.07 Å². The van der Waals surface area contributed by atoms with Crippen molar-refractivity contribution in [1.29, 1.82) is 0 Å². The maximum Gasteiger partial charge on any atom is 0.134 e. The molecule has 0 bridgehead atoms. The topological polar surface area (TPSA) is 13.1 Å². The molecule has 0 N–H and O–H groups in total. The number of hydrogen-bond acceptors (Lipinski definition) is 1. The summed E-state index contributed by atoms with van der Waals surface area (Å²) in [5.74, 6) is 1.65. The Labute approximate surface area is 95.3 Å². The molecule has 0 aliphatic rings. The van der Waals surface area contributed by atoms with Gasteiger partial charge in [-0.05, 0) is 36.6 Å². The van der Waals surface area contributed by atoms with E-state index in [1.54, 1.807) is 12.1 Å². The zero-order valence-electron chi connectivity index (χ0n) is 10.2. The van der Waals surface area contributed by atoms with Crippen LogP contribution in [0, 0.1) is 18.7 Å². The fraction of sp³-hybridized carbons (Fsp3) is 0.429. The predicted octanol–water partition coefficient (Wildman–Crippen LogP) is 4.64. The van der Waals surface area contributed by atoms with Gasteiger partial charge in [-0.15, -0.1) is 0 Å². The first-order valence-corrected chi connectivity index (χ1v) is 5.69. The van der Waals surface area contributed by atoms with Crippen molar-refractivity contribution >= 4 is 11.0 Å². The molecule has 0 radical (unpaired) electrons. The molecule has 2 rings (SSSR count). The highest BCUT2D eigenvalue weighted by molar-refractivity contribution is 5.82. The summed E-state index contributed by atoms with van der Waals surface area (Å²) in [6.45, 7) is 8.47. The largest absolute Gasteiger partial charge is 0.460 e. The van der Waals surface area contributed by atoms with Gasteiger partial charge in [0.1, 0.15) is 17.2 Å². The van der Waals surface area contributed by atoms with Crippen molar-refractivity contribution in [3.63, 3.8) is 0 Å². The van der Waals surface area contributed by atoms with Crippen molar-refractivity contribution in [3.8, 4) is 0 Å². The Kier molecular flexibility index (Phi) is 2.75. The quantitative estimate of drug-likeness (QED) is 0.718. The molecule has 0 unspecified atom stereocenters. The van der Waals surface area contributed by atoms with Gasteiger partial charge in [-0.3, -0.25) is 0 Å². The molecular weight excluding hydrogens is 203 g/mol. The minimum Gasteiger partial charge on any atom is -0.460 e. The van der Waals surface area contributed by atoms with Crippen molar-refractivity contribution in [1.82, 2.24) is 0 Å². The Hall–Kier alpha value is -1.31. The fourth-order valence-electron chi connectivity index (χ4n) is 1.95. The van der Waals surface area contributed by atoms with Crippen molar-refractivity contribution in [3.05, 3.63) is 35.3 Å². The van der Waals surface area contributed by atoms with Gasteiger partial charge in [0.25, 0.3) is 0 Å². The van der Waals surface area contributed by atoms with Crippen LogP contribution in [0.3, 0.4) is 0 Å². The third kappa shape index (κ3) is 1.73. The van der Waals surface area contributed by atoms with E-state index in [2.05, 4.69) is 20.8 Å². The summed E-state index contributed by atoms with van der Waals surface area (Å²) in [5, 5.41) is 0.891. The van der Waals surface area contributed by atoms with Crippen LogP contribution < -0.4 is 0 Å². The zero-order valence-corrected chi connectivity index (χ0v) is 10.2. The summed E-state index contributed by atoms with van der Waals surface area (Å²) in [7, 11) is 0. The SMILES string of the molecule is Cc1c([C@@H](C)C(C)C)oc2ccc(F)cc12. The number of aryl methyl sites for hydroxylation is 1. The number of rotatable bonds is 2. The molecular formula is C14H17FO. The molecule has 1 atom stereocenters. The van der Waals surface area contributed by atoms with Crippen LogP contribution in [0.2, 0.25) is 0 Å². The van der Waals surface area contributed by atoms with Crippen molar-refractivity contribution < 1.29 is 8.81 Å². The Balaban J connectivity index is 2.60. The summed E-state index contributed by atoms with van der Waals surface area (Å²) < 4.78 is 19.0. The first-order chi connectivity index (χ1) is 7.50. The van der Waals surface area contributed by atoms with Crippen LogP contribution >= 0.6 is 0 Å². The van der Waals surface area contributed by atoms with Crippen molar-refractivity contribution in [2.75, 3.05) is 0 Å². The van der Waals surface area contributed by atoms with E-state index in [0.717, 1.165) is 22.3 Å². The van der Waals surface area contributed by atoms with E-state index in [4.69, 9.17) is 4.42 Å². The molecule has 0 saturated heterocycles. The highest BCUT2D eigenvalue weighted by Gasteiger charge is 2.19. The van der Waals surface area contributed by atoms with Crippen LogP contribution in [0.25, 0.3) is 11.0 Å². The molecule has 1 nitrogen and oxygen atoms in total. The monoisotopic (exact) mass is 220 g/mol. The molecule has 1 aromatic heterocycles. The number of furan rings is 1. The van der Waals surface area contributed by atoms with Gasteiger partial charge < -0.3 is 4.42 Å². The van der Waals surface area contributed by atoms with Crippen LogP contribution in [0.1, 0.15) is 38.0 Å². The molecule has 2 heteroatoms. The zero-order chi connectivity index (χ0) is 11.9. The van der Waals surface area contributed by atoms with Crippen molar-refractivity contribution in [2.24, 2.45) is 5.92 Å². The fourth-order valence-corrected chi connectivity index (χ4v) is 1.95. The van der Waals surface area contributed by atoms with Gasteiger partial charge in [-0.1, -0.05) is 20.8 Å². The molecule has 0 aliphatic heterocycles. The summed E-state index contributed by atoms with van der Waals surface area (Å²) in [6, 6.07) is 4.69. The average molecular weight is 220 g/mol. The predicted molar refractivity (Wildman–Crippen MR) is 64.2 cm³/mol. The van der Waals surface area contributed by atoms with Crippen LogP contribution in [-0.4, -0.2) is 0 Å². The second kappa shape index (κ2) is 3.93. The van der Waals surface area contributed by atoms with E-state index in [9.17, 15) is 4.39 Å². The maximum absolute atomic E-state index is 13.1. The van der Waals surface area contributed by atoms with Gasteiger partial charge in [-0.2, -0.15) is 0 Å². The first kappa shape index (κ1) is 11.2. The Bertz CT molecular complexity index is 511. The first-order valence-electron chi connectivity index (χ1n) is 5.69. The summed E-state index contributed by atoms with van der Waals surface area (Å²) in [5.41, 5.74) is 1.84. The number of halogens is 1. The van der Waals surface area contributed by atoms with Gasteiger partial charge >= 0.3 is 0 Å². The van der Waals surface area contributed by atoms with Crippen molar-refractivity contribution in [2.45, 2.75) is 33.6 Å². The van der Waals surface area contributed by atoms with Gasteiger partial charge in [0, 0.05) is 11.3 Å². The average Bonchev–Trinajstić information content (AvgIpc) is 2.55. The lowest BCUT2D eigenvalue weighted by molar-refractivity contribution is 0.429. The molecule has 0 spiro atoms. The second-order valence-corrected chi connectivity index (χ2v) is 4.76. The summed E-state index contributed by atoms with van der Waals surface area (Å²) >= 11 is 0. The number of fused-ring (bicyclic) bond motifs is 1. The van der Waals surface area contributed by atoms with E-state index < -0.39 is 0 Å². The van der Waals surface area contributed by atoms with Gasteiger partial charge in [0.2, 0.25) is 0 Å². The van der Waals surface area contributed by atoms with E-state index >= 15 is 0 Å². The lowest BCUT2D eigenvalue weighted by atomic mass is 9.93. The van der Waals surface area contributed by atoms with Gasteiger partial charge in [-0.25, -0.2) is 4.39 Å². The molecule has 1 aromatic carbocycles. The summed E-state index contributed by atoms with van der Waals surface area (Å²) in [4.78, 5) is 0. The Morgan fingerprint density at radius 1 is 1.19 bits per heavy atom. The lowest BCUT2D eigenvalue weighted by Crippen LogP contribution is -2.01. The Morgan fingerprint density at radius 3 is 2.50 bits per heavy atom.